The molecule has 0 amide bonds. The fourth-order valence-corrected chi connectivity index (χ4v) is 1.28. The third-order valence-electron chi connectivity index (χ3n) is 1.91. The lowest BCUT2D eigenvalue weighted by Gasteiger charge is -2.15. The van der Waals surface area contributed by atoms with Crippen molar-refractivity contribution in [2.24, 2.45) is 0 Å². The summed E-state index contributed by atoms with van der Waals surface area (Å²) in [5.74, 6) is 0. The van der Waals surface area contributed by atoms with Crippen molar-refractivity contribution in [3.63, 3.8) is 0 Å². The van der Waals surface area contributed by atoms with E-state index in [1.165, 1.54) is 0 Å². The molecule has 3 heteroatoms. The highest BCUT2D eigenvalue weighted by Gasteiger charge is 2.03. The van der Waals surface area contributed by atoms with Crippen LogP contribution in [0.25, 0.3) is 0 Å². The van der Waals surface area contributed by atoms with E-state index in [0.29, 0.717) is 5.02 Å². The van der Waals surface area contributed by atoms with Crippen molar-refractivity contribution in [2.45, 2.75) is 19.4 Å². The maximum Gasteiger partial charge on any atom is 0.0632 e. The maximum absolute atomic E-state index is 8.96. The van der Waals surface area contributed by atoms with Gasteiger partial charge in [-0.1, -0.05) is 24.6 Å². The zero-order valence-corrected chi connectivity index (χ0v) is 8.38. The van der Waals surface area contributed by atoms with E-state index in [2.05, 4.69) is 5.32 Å². The highest BCUT2D eigenvalue weighted by molar-refractivity contribution is 6.30. The molecule has 0 aromatic heterocycles. The van der Waals surface area contributed by atoms with Gasteiger partial charge in [0.15, 0.2) is 0 Å². The molecule has 72 valence electrons. The molecule has 0 heterocycles. The van der Waals surface area contributed by atoms with Gasteiger partial charge in [-0.3, -0.25) is 0 Å². The molecule has 0 aliphatic carbocycles. The predicted molar refractivity (Wildman–Crippen MR) is 56.2 cm³/mol. The van der Waals surface area contributed by atoms with E-state index < -0.39 is 0 Å². The van der Waals surface area contributed by atoms with Gasteiger partial charge in [0.25, 0.3) is 0 Å². The van der Waals surface area contributed by atoms with E-state index in [1.807, 2.05) is 31.2 Å². The van der Waals surface area contributed by atoms with Crippen LogP contribution in [0.5, 0.6) is 0 Å². The zero-order valence-electron chi connectivity index (χ0n) is 7.63. The van der Waals surface area contributed by atoms with E-state index in [9.17, 15) is 0 Å². The Hall–Kier alpha value is -0.730. The Labute approximate surface area is 83.5 Å². The Morgan fingerprint density at radius 3 is 2.85 bits per heavy atom. The monoisotopic (exact) mass is 199 g/mol. The minimum Gasteiger partial charge on any atom is -0.394 e. The number of anilines is 1. The second-order valence-corrected chi connectivity index (χ2v) is 3.38. The number of benzene rings is 1. The Balaban J connectivity index is 2.62. The van der Waals surface area contributed by atoms with Crippen molar-refractivity contribution in [3.05, 3.63) is 29.3 Å². The molecule has 0 spiro atoms. The molecule has 13 heavy (non-hydrogen) atoms. The molecule has 0 fully saturated rings. The van der Waals surface area contributed by atoms with Crippen molar-refractivity contribution in [3.8, 4) is 0 Å². The van der Waals surface area contributed by atoms with Crippen LogP contribution in [0.3, 0.4) is 0 Å². The summed E-state index contributed by atoms with van der Waals surface area (Å²) in [6.45, 7) is 2.17. The van der Waals surface area contributed by atoms with E-state index in [1.54, 1.807) is 0 Å². The molecule has 1 aromatic carbocycles. The van der Waals surface area contributed by atoms with E-state index in [0.717, 1.165) is 12.1 Å². The third-order valence-corrected chi connectivity index (χ3v) is 2.14. The van der Waals surface area contributed by atoms with Gasteiger partial charge < -0.3 is 10.4 Å². The van der Waals surface area contributed by atoms with Crippen molar-refractivity contribution in [1.29, 1.82) is 0 Å². The van der Waals surface area contributed by atoms with Crippen LogP contribution in [0.4, 0.5) is 5.69 Å². The van der Waals surface area contributed by atoms with Crippen molar-refractivity contribution in [1.82, 2.24) is 0 Å². The van der Waals surface area contributed by atoms with Crippen molar-refractivity contribution < 1.29 is 5.11 Å². The molecule has 0 bridgehead atoms. The number of hydrogen-bond donors (Lipinski definition) is 2. The van der Waals surface area contributed by atoms with E-state index in [-0.39, 0.29) is 12.6 Å². The summed E-state index contributed by atoms with van der Waals surface area (Å²) in [6, 6.07) is 7.60. The van der Waals surface area contributed by atoms with Gasteiger partial charge in [-0.25, -0.2) is 0 Å². The van der Waals surface area contributed by atoms with Gasteiger partial charge in [-0.2, -0.15) is 0 Å². The Morgan fingerprint density at radius 2 is 2.31 bits per heavy atom. The van der Waals surface area contributed by atoms with Gasteiger partial charge in [-0.15, -0.1) is 0 Å². The molecule has 1 aromatic rings. The molecular weight excluding hydrogens is 186 g/mol. The summed E-state index contributed by atoms with van der Waals surface area (Å²) in [7, 11) is 0. The summed E-state index contributed by atoms with van der Waals surface area (Å²) in [5.41, 5.74) is 0.952. The third kappa shape index (κ3) is 3.25. The molecule has 1 unspecified atom stereocenters. The van der Waals surface area contributed by atoms with Crippen LogP contribution in [0, 0.1) is 0 Å². The highest BCUT2D eigenvalue weighted by atomic mass is 35.5. The van der Waals surface area contributed by atoms with Gasteiger partial charge in [0.2, 0.25) is 0 Å². The molecule has 1 rings (SSSR count). The molecule has 1 atom stereocenters. The Kier molecular flexibility index (Phi) is 4.06. The van der Waals surface area contributed by atoms with Crippen LogP contribution < -0.4 is 5.32 Å². The summed E-state index contributed by atoms with van der Waals surface area (Å²) in [5, 5.41) is 12.9. The van der Waals surface area contributed by atoms with Crippen LogP contribution in [0.1, 0.15) is 13.3 Å². The molecular formula is C10H14ClNO. The standard InChI is InChI=1S/C10H14ClNO/c1-2-9(7-13)12-10-5-3-4-8(11)6-10/h3-6,9,12-13H,2,7H2,1H3. The first-order chi connectivity index (χ1) is 6.26. The first-order valence-corrected chi connectivity index (χ1v) is 4.77. The summed E-state index contributed by atoms with van der Waals surface area (Å²) >= 11 is 5.81. The smallest absolute Gasteiger partial charge is 0.0632 e. The van der Waals surface area contributed by atoms with Gasteiger partial charge >= 0.3 is 0 Å². The first kappa shape index (κ1) is 10.4. The van der Waals surface area contributed by atoms with Crippen LogP contribution in [-0.2, 0) is 0 Å². The number of nitrogens with one attached hydrogen (secondary N) is 1. The molecule has 0 saturated carbocycles. The molecule has 0 aliphatic rings. The van der Waals surface area contributed by atoms with Gasteiger partial charge in [-0.05, 0) is 24.6 Å². The maximum atomic E-state index is 8.96. The minimum absolute atomic E-state index is 0.110. The Morgan fingerprint density at radius 1 is 1.54 bits per heavy atom. The van der Waals surface area contributed by atoms with E-state index >= 15 is 0 Å². The second kappa shape index (κ2) is 5.10. The average Bonchev–Trinajstić information content (AvgIpc) is 2.14. The fraction of sp³-hybridized carbons (Fsp3) is 0.400. The number of aliphatic hydroxyl groups is 1. The number of halogens is 1. The topological polar surface area (TPSA) is 32.3 Å². The highest BCUT2D eigenvalue weighted by Crippen LogP contribution is 2.16. The molecule has 2 nitrogen and oxygen atoms in total. The summed E-state index contributed by atoms with van der Waals surface area (Å²) in [6.07, 6.45) is 0.892. The lowest BCUT2D eigenvalue weighted by Crippen LogP contribution is -2.22. The van der Waals surface area contributed by atoms with Crippen LogP contribution in [0.2, 0.25) is 5.02 Å². The minimum atomic E-state index is 0.110. The van der Waals surface area contributed by atoms with Crippen molar-refractivity contribution in [2.75, 3.05) is 11.9 Å². The normalized spacial score (nSPS) is 12.5. The predicted octanol–water partition coefficient (Wildman–Crippen LogP) is 2.52. The first-order valence-electron chi connectivity index (χ1n) is 4.39. The number of rotatable bonds is 4. The van der Waals surface area contributed by atoms with E-state index in [4.69, 9.17) is 16.7 Å². The SMILES string of the molecule is CCC(CO)Nc1cccc(Cl)c1. The lowest BCUT2D eigenvalue weighted by molar-refractivity contribution is 0.272. The molecule has 0 aliphatic heterocycles. The summed E-state index contributed by atoms with van der Waals surface area (Å²) in [4.78, 5) is 0. The largest absolute Gasteiger partial charge is 0.394 e. The fourth-order valence-electron chi connectivity index (χ4n) is 1.09. The zero-order chi connectivity index (χ0) is 9.68. The van der Waals surface area contributed by atoms with Crippen LogP contribution in [0.15, 0.2) is 24.3 Å². The number of aliphatic hydroxyl groups excluding tert-OH is 1. The molecule has 0 radical (unpaired) electrons. The van der Waals surface area contributed by atoms with Crippen molar-refractivity contribution >= 4 is 17.3 Å². The van der Waals surface area contributed by atoms with Crippen LogP contribution >= 0.6 is 11.6 Å². The van der Waals surface area contributed by atoms with Gasteiger partial charge in [0.1, 0.15) is 0 Å². The summed E-state index contributed by atoms with van der Waals surface area (Å²) < 4.78 is 0. The molecule has 0 saturated heterocycles. The van der Waals surface area contributed by atoms with Gasteiger partial charge in [0.05, 0.1) is 6.61 Å². The van der Waals surface area contributed by atoms with Crippen LogP contribution in [-0.4, -0.2) is 17.8 Å². The molecule has 2 N–H and O–H groups in total. The lowest BCUT2D eigenvalue weighted by atomic mass is 10.2. The average molecular weight is 200 g/mol. The quantitative estimate of drug-likeness (QED) is 0.781. The number of hydrogen-bond acceptors (Lipinski definition) is 2. The Bertz CT molecular complexity index is 261. The van der Waals surface area contributed by atoms with Gasteiger partial charge in [0, 0.05) is 16.8 Å². The second-order valence-electron chi connectivity index (χ2n) is 2.94.